The maximum absolute atomic E-state index is 12.6. The van der Waals surface area contributed by atoms with E-state index in [-0.39, 0.29) is 11.7 Å². The molecule has 120 valence electrons. The number of anilines is 2. The second kappa shape index (κ2) is 7.45. The summed E-state index contributed by atoms with van der Waals surface area (Å²) in [6.45, 7) is 1.78. The molecule has 0 saturated heterocycles. The van der Waals surface area contributed by atoms with Gasteiger partial charge in [-0.3, -0.25) is 9.59 Å². The number of carbonyl (C=O) groups is 2. The van der Waals surface area contributed by atoms with Crippen molar-refractivity contribution in [3.05, 3.63) is 53.6 Å². The number of carbonyl (C=O) groups excluding carboxylic acids is 2. The monoisotopic (exact) mass is 312 g/mol. The van der Waals surface area contributed by atoms with E-state index in [0.29, 0.717) is 34.7 Å². The van der Waals surface area contributed by atoms with E-state index in [4.69, 9.17) is 4.74 Å². The standard InChI is InChI=1S/C18H20N2O3/c1-4-16(21)17-14(6-5-7-15(17)19-2)18(22)20-12-8-10-13(23-3)11-9-12/h5-11,19H,4H2,1-3H3,(H,20,22). The lowest BCUT2D eigenvalue weighted by Crippen LogP contribution is -2.17. The van der Waals surface area contributed by atoms with Crippen molar-refractivity contribution < 1.29 is 14.3 Å². The Labute approximate surface area is 135 Å². The fourth-order valence-corrected chi connectivity index (χ4v) is 2.30. The first kappa shape index (κ1) is 16.5. The van der Waals surface area contributed by atoms with Crippen LogP contribution < -0.4 is 15.4 Å². The summed E-state index contributed by atoms with van der Waals surface area (Å²) >= 11 is 0. The number of hydrogen-bond donors (Lipinski definition) is 2. The van der Waals surface area contributed by atoms with Crippen LogP contribution in [0.15, 0.2) is 42.5 Å². The van der Waals surface area contributed by atoms with E-state index in [2.05, 4.69) is 10.6 Å². The quantitative estimate of drug-likeness (QED) is 0.800. The van der Waals surface area contributed by atoms with Crippen LogP contribution in [0.1, 0.15) is 34.1 Å². The highest BCUT2D eigenvalue weighted by Gasteiger charge is 2.19. The topological polar surface area (TPSA) is 67.4 Å². The number of ketones is 1. The Hall–Kier alpha value is -2.82. The summed E-state index contributed by atoms with van der Waals surface area (Å²) in [7, 11) is 3.31. The molecule has 2 rings (SSSR count). The number of amides is 1. The Balaban J connectivity index is 2.32. The Bertz CT molecular complexity index is 709. The van der Waals surface area contributed by atoms with Crippen LogP contribution in [0.4, 0.5) is 11.4 Å². The van der Waals surface area contributed by atoms with Gasteiger partial charge in [-0.05, 0) is 36.4 Å². The van der Waals surface area contributed by atoms with Crippen molar-refractivity contribution >= 4 is 23.1 Å². The van der Waals surface area contributed by atoms with Gasteiger partial charge in [-0.1, -0.05) is 13.0 Å². The first-order valence-electron chi connectivity index (χ1n) is 7.40. The van der Waals surface area contributed by atoms with Crippen molar-refractivity contribution in [1.29, 1.82) is 0 Å². The molecule has 0 saturated carbocycles. The fourth-order valence-electron chi connectivity index (χ4n) is 2.30. The van der Waals surface area contributed by atoms with E-state index in [1.54, 1.807) is 63.5 Å². The molecule has 0 atom stereocenters. The Morgan fingerprint density at radius 1 is 1.09 bits per heavy atom. The highest BCUT2D eigenvalue weighted by molar-refractivity contribution is 6.15. The van der Waals surface area contributed by atoms with E-state index >= 15 is 0 Å². The summed E-state index contributed by atoms with van der Waals surface area (Å²) in [6, 6.07) is 12.2. The summed E-state index contributed by atoms with van der Waals surface area (Å²) in [5.41, 5.74) is 2.07. The van der Waals surface area contributed by atoms with E-state index in [1.807, 2.05) is 0 Å². The first-order chi connectivity index (χ1) is 11.1. The number of methoxy groups -OCH3 is 1. The van der Waals surface area contributed by atoms with Crippen LogP contribution in [-0.2, 0) is 0 Å². The molecule has 0 aliphatic heterocycles. The minimum Gasteiger partial charge on any atom is -0.497 e. The lowest BCUT2D eigenvalue weighted by molar-refractivity contribution is 0.0969. The molecule has 0 unspecified atom stereocenters. The normalized spacial score (nSPS) is 10.0. The minimum atomic E-state index is -0.316. The van der Waals surface area contributed by atoms with Gasteiger partial charge in [0.25, 0.3) is 5.91 Å². The van der Waals surface area contributed by atoms with Crippen LogP contribution in [-0.4, -0.2) is 25.8 Å². The molecule has 1 amide bonds. The number of nitrogens with one attached hydrogen (secondary N) is 2. The number of ether oxygens (including phenoxy) is 1. The van der Waals surface area contributed by atoms with Gasteiger partial charge in [0.15, 0.2) is 5.78 Å². The zero-order valence-corrected chi connectivity index (χ0v) is 13.5. The van der Waals surface area contributed by atoms with Gasteiger partial charge in [-0.15, -0.1) is 0 Å². The van der Waals surface area contributed by atoms with Crippen molar-refractivity contribution in [1.82, 2.24) is 0 Å². The molecule has 5 heteroatoms. The van der Waals surface area contributed by atoms with Gasteiger partial charge in [0, 0.05) is 24.8 Å². The van der Waals surface area contributed by atoms with Crippen LogP contribution in [0.5, 0.6) is 5.75 Å². The molecular formula is C18H20N2O3. The van der Waals surface area contributed by atoms with Gasteiger partial charge in [-0.25, -0.2) is 0 Å². The van der Waals surface area contributed by atoms with E-state index in [1.165, 1.54) is 0 Å². The van der Waals surface area contributed by atoms with Crippen molar-refractivity contribution in [3.8, 4) is 5.75 Å². The molecule has 5 nitrogen and oxygen atoms in total. The molecule has 2 N–H and O–H groups in total. The van der Waals surface area contributed by atoms with Crippen molar-refractivity contribution in [2.75, 3.05) is 24.8 Å². The highest BCUT2D eigenvalue weighted by atomic mass is 16.5. The van der Waals surface area contributed by atoms with Gasteiger partial charge in [0.1, 0.15) is 5.75 Å². The third kappa shape index (κ3) is 3.69. The number of Topliss-reactive ketones (excluding diaryl/α,β-unsaturated/α-hetero) is 1. The number of benzene rings is 2. The molecule has 0 heterocycles. The maximum Gasteiger partial charge on any atom is 0.256 e. The second-order valence-electron chi connectivity index (χ2n) is 4.94. The summed E-state index contributed by atoms with van der Waals surface area (Å²) in [5.74, 6) is 0.320. The summed E-state index contributed by atoms with van der Waals surface area (Å²) in [5, 5.41) is 5.77. The maximum atomic E-state index is 12.6. The van der Waals surface area contributed by atoms with Gasteiger partial charge in [0.2, 0.25) is 0 Å². The summed E-state index contributed by atoms with van der Waals surface area (Å²) < 4.78 is 5.09. The van der Waals surface area contributed by atoms with E-state index < -0.39 is 0 Å². The van der Waals surface area contributed by atoms with Gasteiger partial charge >= 0.3 is 0 Å². The van der Waals surface area contributed by atoms with Crippen molar-refractivity contribution in [3.63, 3.8) is 0 Å². The lowest BCUT2D eigenvalue weighted by Gasteiger charge is -2.13. The largest absolute Gasteiger partial charge is 0.497 e. The molecule has 0 fully saturated rings. The Morgan fingerprint density at radius 3 is 2.35 bits per heavy atom. The first-order valence-corrected chi connectivity index (χ1v) is 7.40. The summed E-state index contributed by atoms with van der Waals surface area (Å²) in [6.07, 6.45) is 0.335. The highest BCUT2D eigenvalue weighted by Crippen LogP contribution is 2.23. The van der Waals surface area contributed by atoms with Crippen LogP contribution in [0.2, 0.25) is 0 Å². The predicted octanol–water partition coefficient (Wildman–Crippen LogP) is 3.58. The molecule has 0 bridgehead atoms. The van der Waals surface area contributed by atoms with Crippen molar-refractivity contribution in [2.24, 2.45) is 0 Å². The van der Waals surface area contributed by atoms with Gasteiger partial charge in [-0.2, -0.15) is 0 Å². The number of hydrogen-bond acceptors (Lipinski definition) is 4. The molecular weight excluding hydrogens is 292 g/mol. The molecule has 0 aliphatic rings. The molecule has 0 spiro atoms. The number of rotatable bonds is 6. The van der Waals surface area contributed by atoms with Crippen LogP contribution >= 0.6 is 0 Å². The van der Waals surface area contributed by atoms with E-state index in [0.717, 1.165) is 0 Å². The molecule has 23 heavy (non-hydrogen) atoms. The van der Waals surface area contributed by atoms with Crippen LogP contribution in [0, 0.1) is 0 Å². The molecule has 2 aromatic rings. The molecule has 0 aromatic heterocycles. The minimum absolute atomic E-state index is 0.0742. The molecule has 0 radical (unpaired) electrons. The average molecular weight is 312 g/mol. The smallest absolute Gasteiger partial charge is 0.256 e. The zero-order chi connectivity index (χ0) is 16.8. The molecule has 2 aromatic carbocycles. The zero-order valence-electron chi connectivity index (χ0n) is 13.5. The van der Waals surface area contributed by atoms with Crippen LogP contribution in [0.3, 0.4) is 0 Å². The Kier molecular flexibility index (Phi) is 5.36. The van der Waals surface area contributed by atoms with Crippen molar-refractivity contribution in [2.45, 2.75) is 13.3 Å². The SMILES string of the molecule is CCC(=O)c1c(NC)cccc1C(=O)Nc1ccc(OC)cc1. The van der Waals surface area contributed by atoms with Crippen LogP contribution in [0.25, 0.3) is 0 Å². The second-order valence-corrected chi connectivity index (χ2v) is 4.94. The van der Waals surface area contributed by atoms with Gasteiger partial charge < -0.3 is 15.4 Å². The van der Waals surface area contributed by atoms with E-state index in [9.17, 15) is 9.59 Å². The lowest BCUT2D eigenvalue weighted by atomic mass is 9.99. The third-order valence-corrected chi connectivity index (χ3v) is 3.53. The third-order valence-electron chi connectivity index (χ3n) is 3.53. The molecule has 0 aliphatic carbocycles. The summed E-state index contributed by atoms with van der Waals surface area (Å²) in [4.78, 5) is 24.8. The predicted molar refractivity (Wildman–Crippen MR) is 91.6 cm³/mol. The average Bonchev–Trinajstić information content (AvgIpc) is 2.60. The Morgan fingerprint density at radius 2 is 1.78 bits per heavy atom. The van der Waals surface area contributed by atoms with Gasteiger partial charge in [0.05, 0.1) is 18.2 Å². The fraction of sp³-hybridized carbons (Fsp3) is 0.222.